The van der Waals surface area contributed by atoms with Crippen molar-refractivity contribution in [2.75, 3.05) is 19.6 Å². The molecule has 29 heavy (non-hydrogen) atoms. The van der Waals surface area contributed by atoms with Crippen molar-refractivity contribution in [1.82, 2.24) is 4.90 Å². The van der Waals surface area contributed by atoms with Crippen molar-refractivity contribution < 1.29 is 4.79 Å². The summed E-state index contributed by atoms with van der Waals surface area (Å²) in [5.41, 5.74) is 2.19. The van der Waals surface area contributed by atoms with Crippen LogP contribution in [0.3, 0.4) is 0 Å². The van der Waals surface area contributed by atoms with E-state index in [2.05, 4.69) is 42.2 Å². The molecule has 0 spiro atoms. The zero-order valence-electron chi connectivity index (χ0n) is 18.2. The van der Waals surface area contributed by atoms with E-state index in [9.17, 15) is 4.79 Å². The van der Waals surface area contributed by atoms with Crippen LogP contribution in [0.15, 0.2) is 30.3 Å². The van der Waals surface area contributed by atoms with Crippen LogP contribution < -0.4 is 0 Å². The van der Waals surface area contributed by atoms with Crippen LogP contribution in [0.25, 0.3) is 0 Å². The maximum absolute atomic E-state index is 14.1. The van der Waals surface area contributed by atoms with Crippen molar-refractivity contribution in [2.24, 2.45) is 28.6 Å². The van der Waals surface area contributed by atoms with Crippen molar-refractivity contribution in [3.63, 3.8) is 0 Å². The van der Waals surface area contributed by atoms with Crippen molar-refractivity contribution >= 4 is 5.78 Å². The quantitative estimate of drug-likeness (QED) is 0.650. The molecule has 3 heterocycles. The lowest BCUT2D eigenvalue weighted by Gasteiger charge is -2.66. The van der Waals surface area contributed by atoms with E-state index in [1.54, 1.807) is 0 Å². The number of Topliss-reactive ketones (excluding diaryl/α,β-unsaturated/α-hetero) is 1. The van der Waals surface area contributed by atoms with Gasteiger partial charge in [-0.1, -0.05) is 43.7 Å². The lowest BCUT2D eigenvalue weighted by Crippen LogP contribution is -2.61. The maximum atomic E-state index is 14.1. The van der Waals surface area contributed by atoms with Crippen LogP contribution in [0.4, 0.5) is 0 Å². The normalized spacial score (nSPS) is 47.5. The van der Waals surface area contributed by atoms with Gasteiger partial charge in [-0.25, -0.2) is 0 Å². The van der Waals surface area contributed by atoms with E-state index in [-0.39, 0.29) is 10.8 Å². The summed E-state index contributed by atoms with van der Waals surface area (Å²) < 4.78 is 0. The predicted molar refractivity (Wildman–Crippen MR) is 117 cm³/mol. The van der Waals surface area contributed by atoms with Crippen molar-refractivity contribution in [3.8, 4) is 0 Å². The summed E-state index contributed by atoms with van der Waals surface area (Å²) in [4.78, 5) is 16.7. The van der Waals surface area contributed by atoms with E-state index in [0.29, 0.717) is 17.1 Å². The summed E-state index contributed by atoms with van der Waals surface area (Å²) in [6, 6.07) is 11.3. The average Bonchev–Trinajstić information content (AvgIpc) is 2.74. The second-order valence-electron chi connectivity index (χ2n) is 11.8. The number of rotatable bonds is 5. The minimum Gasteiger partial charge on any atom is -0.303 e. The Hall–Kier alpha value is -1.15. The van der Waals surface area contributed by atoms with E-state index in [1.165, 1.54) is 76.6 Å². The first-order valence-electron chi connectivity index (χ1n) is 12.4. The lowest BCUT2D eigenvalue weighted by molar-refractivity contribution is -0.163. The van der Waals surface area contributed by atoms with Crippen LogP contribution in [-0.2, 0) is 10.2 Å². The molecular formula is C27H37NO. The zero-order chi connectivity index (χ0) is 19.7. The van der Waals surface area contributed by atoms with Gasteiger partial charge in [0.1, 0.15) is 5.78 Å². The van der Waals surface area contributed by atoms with Crippen LogP contribution in [-0.4, -0.2) is 30.3 Å². The SMILES string of the molecule is CC[C@@]12CC3CC(C(=O)C[C@H]4CN5CCC4CC5)(C1)C[C@](c1ccccc1)(C3)C2. The number of ketones is 1. The second kappa shape index (κ2) is 6.42. The number of nitrogens with zero attached hydrogens (tertiary/aromatic N) is 1. The average molecular weight is 392 g/mol. The Morgan fingerprint density at radius 1 is 1.03 bits per heavy atom. The number of fused-ring (bicyclic) bond motifs is 3. The highest BCUT2D eigenvalue weighted by Gasteiger charge is 2.65. The van der Waals surface area contributed by atoms with Crippen LogP contribution in [0.5, 0.6) is 0 Å². The largest absolute Gasteiger partial charge is 0.303 e. The summed E-state index contributed by atoms with van der Waals surface area (Å²) in [7, 11) is 0. The number of piperidine rings is 3. The Morgan fingerprint density at radius 3 is 2.52 bits per heavy atom. The van der Waals surface area contributed by atoms with Crippen LogP contribution in [0.2, 0.25) is 0 Å². The van der Waals surface area contributed by atoms with Gasteiger partial charge in [-0.05, 0) is 98.6 Å². The maximum Gasteiger partial charge on any atom is 0.139 e. The molecule has 0 N–H and O–H groups in total. The summed E-state index contributed by atoms with van der Waals surface area (Å²) in [5.74, 6) is 2.89. The summed E-state index contributed by atoms with van der Waals surface area (Å²) in [6.45, 7) is 6.15. The monoisotopic (exact) mass is 391 g/mol. The summed E-state index contributed by atoms with van der Waals surface area (Å²) >= 11 is 0. The van der Waals surface area contributed by atoms with Crippen molar-refractivity contribution in [2.45, 2.75) is 76.5 Å². The minimum absolute atomic E-state index is 0.0166. The minimum atomic E-state index is -0.0166. The lowest BCUT2D eigenvalue weighted by atomic mass is 9.37. The fourth-order valence-corrected chi connectivity index (χ4v) is 9.23. The molecule has 5 atom stereocenters. The van der Waals surface area contributed by atoms with Crippen molar-refractivity contribution in [1.29, 1.82) is 0 Å². The first-order chi connectivity index (χ1) is 14.0. The molecule has 0 radical (unpaired) electrons. The summed E-state index contributed by atoms with van der Waals surface area (Å²) in [6.07, 6.45) is 12.4. The number of carbonyl (C=O) groups is 1. The fourth-order valence-electron chi connectivity index (χ4n) is 9.23. The second-order valence-corrected chi connectivity index (χ2v) is 11.8. The molecule has 2 unspecified atom stereocenters. The zero-order valence-corrected chi connectivity index (χ0v) is 18.2. The van der Waals surface area contributed by atoms with Crippen LogP contribution in [0.1, 0.15) is 76.7 Å². The molecule has 8 rings (SSSR count). The van der Waals surface area contributed by atoms with Gasteiger partial charge in [0.2, 0.25) is 0 Å². The van der Waals surface area contributed by atoms with Crippen LogP contribution in [0, 0.1) is 28.6 Å². The Labute approximate surface area is 176 Å². The Balaban J connectivity index is 1.33. The molecule has 0 aromatic heterocycles. The van der Waals surface area contributed by atoms with Gasteiger partial charge in [-0.15, -0.1) is 0 Å². The molecule has 156 valence electrons. The molecule has 2 nitrogen and oxygen atoms in total. The van der Waals surface area contributed by atoms with E-state index >= 15 is 0 Å². The van der Waals surface area contributed by atoms with E-state index < -0.39 is 0 Å². The fraction of sp³-hybridized carbons (Fsp3) is 0.741. The number of benzene rings is 1. The van der Waals surface area contributed by atoms with Gasteiger partial charge in [0, 0.05) is 18.4 Å². The molecular weight excluding hydrogens is 354 g/mol. The predicted octanol–water partition coefficient (Wildman–Crippen LogP) is 5.61. The first kappa shape index (κ1) is 18.6. The molecule has 7 aliphatic rings. The van der Waals surface area contributed by atoms with Gasteiger partial charge in [-0.3, -0.25) is 4.79 Å². The first-order valence-corrected chi connectivity index (χ1v) is 12.4. The Morgan fingerprint density at radius 2 is 1.83 bits per heavy atom. The molecule has 0 amide bonds. The Bertz CT molecular complexity index is 796. The molecule has 1 aromatic rings. The van der Waals surface area contributed by atoms with Gasteiger partial charge < -0.3 is 4.90 Å². The third kappa shape index (κ3) is 2.81. The van der Waals surface area contributed by atoms with Gasteiger partial charge in [-0.2, -0.15) is 0 Å². The topological polar surface area (TPSA) is 20.3 Å². The van der Waals surface area contributed by atoms with E-state index in [0.717, 1.165) is 24.7 Å². The summed E-state index contributed by atoms with van der Waals surface area (Å²) in [5, 5.41) is 0. The molecule has 3 saturated heterocycles. The molecule has 7 fully saturated rings. The molecule has 3 aliphatic heterocycles. The smallest absolute Gasteiger partial charge is 0.139 e. The van der Waals surface area contributed by atoms with Gasteiger partial charge in [0.05, 0.1) is 0 Å². The third-order valence-corrected chi connectivity index (χ3v) is 10.2. The third-order valence-electron chi connectivity index (χ3n) is 10.2. The Kier molecular flexibility index (Phi) is 4.12. The molecule has 6 bridgehead atoms. The van der Waals surface area contributed by atoms with E-state index in [1.807, 2.05) is 0 Å². The highest BCUT2D eigenvalue weighted by molar-refractivity contribution is 5.86. The molecule has 2 heteroatoms. The number of carbonyl (C=O) groups excluding carboxylic acids is 1. The molecule has 4 aliphatic carbocycles. The standard InChI is InChI=1S/C27H37NO/c1-2-25-13-20-14-26(17-25,23-6-4-3-5-7-23)19-27(15-20,18-25)24(29)12-22-16-28-10-8-21(22)9-11-28/h3-7,20-22H,2,8-19H2,1H3/t20?,22-,25-,26-,27?/m0/s1. The van der Waals surface area contributed by atoms with Gasteiger partial charge in [0.25, 0.3) is 0 Å². The van der Waals surface area contributed by atoms with Crippen molar-refractivity contribution in [3.05, 3.63) is 35.9 Å². The number of hydrogen-bond donors (Lipinski definition) is 0. The van der Waals surface area contributed by atoms with E-state index in [4.69, 9.17) is 0 Å². The molecule has 1 aromatic carbocycles. The highest BCUT2D eigenvalue weighted by Crippen LogP contribution is 2.71. The highest BCUT2D eigenvalue weighted by atomic mass is 16.1. The number of hydrogen-bond acceptors (Lipinski definition) is 2. The molecule has 4 saturated carbocycles. The van der Waals surface area contributed by atoms with Gasteiger partial charge in [0.15, 0.2) is 0 Å². The van der Waals surface area contributed by atoms with Gasteiger partial charge >= 0.3 is 0 Å². The van der Waals surface area contributed by atoms with Crippen LogP contribution >= 0.6 is 0 Å².